The fourth-order valence-electron chi connectivity index (χ4n) is 3.76. The van der Waals surface area contributed by atoms with Gasteiger partial charge in [0.25, 0.3) is 0 Å². The van der Waals surface area contributed by atoms with E-state index >= 15 is 0 Å². The van der Waals surface area contributed by atoms with Crippen molar-refractivity contribution >= 4 is 35.0 Å². The third-order valence-electron chi connectivity index (χ3n) is 5.65. The Morgan fingerprint density at radius 1 is 1.12 bits per heavy atom. The molecule has 1 fully saturated rings. The van der Waals surface area contributed by atoms with E-state index in [9.17, 15) is 4.79 Å². The summed E-state index contributed by atoms with van der Waals surface area (Å²) >= 11 is 7.53. The fourth-order valence-corrected chi connectivity index (χ4v) is 4.80. The smallest absolute Gasteiger partial charge is 0.237 e. The zero-order valence-electron chi connectivity index (χ0n) is 18.4. The Morgan fingerprint density at radius 2 is 1.88 bits per heavy atom. The average molecular weight is 470 g/mol. The van der Waals surface area contributed by atoms with Crippen LogP contribution in [0.4, 0.5) is 5.69 Å². The molecule has 1 saturated heterocycles. The second-order valence-corrected chi connectivity index (χ2v) is 9.91. The Bertz CT molecular complexity index is 1070. The number of benzene rings is 2. The van der Waals surface area contributed by atoms with E-state index < -0.39 is 0 Å². The molecule has 0 radical (unpaired) electrons. The van der Waals surface area contributed by atoms with Gasteiger partial charge in [-0.2, -0.15) is 0 Å². The Balaban J connectivity index is 1.51. The molecule has 1 aliphatic heterocycles. The van der Waals surface area contributed by atoms with Crippen molar-refractivity contribution < 1.29 is 4.79 Å². The lowest BCUT2D eigenvalue weighted by molar-refractivity contribution is -0.115. The van der Waals surface area contributed by atoms with Crippen molar-refractivity contribution in [2.24, 2.45) is 0 Å². The topological polar surface area (TPSA) is 63.1 Å². The molecule has 4 rings (SSSR count). The molecule has 1 atom stereocenters. The highest BCUT2D eigenvalue weighted by Crippen LogP contribution is 2.27. The third kappa shape index (κ3) is 5.71. The maximum absolute atomic E-state index is 12.9. The SMILES string of the molecule is Cc1ccc(Cl)cc1NC(=O)C(C)Sc1nnc(CN2CCCC2)n1Cc1ccccc1. The monoisotopic (exact) mass is 469 g/mol. The largest absolute Gasteiger partial charge is 0.325 e. The lowest BCUT2D eigenvalue weighted by Gasteiger charge is -2.17. The average Bonchev–Trinajstić information content (AvgIpc) is 3.43. The minimum absolute atomic E-state index is 0.0873. The van der Waals surface area contributed by atoms with Gasteiger partial charge in [-0.1, -0.05) is 59.8 Å². The standard InChI is InChI=1S/C24H28ClN5OS/c1-17-10-11-20(25)14-21(17)26-23(31)18(2)32-24-28-27-22(16-29-12-6-7-13-29)30(24)15-19-8-4-3-5-9-19/h3-5,8-11,14,18H,6-7,12-13,15-16H2,1-2H3,(H,26,31). The van der Waals surface area contributed by atoms with Crippen LogP contribution in [0.15, 0.2) is 53.7 Å². The van der Waals surface area contributed by atoms with Gasteiger partial charge in [0.2, 0.25) is 5.91 Å². The van der Waals surface area contributed by atoms with Crippen molar-refractivity contribution in [1.29, 1.82) is 0 Å². The van der Waals surface area contributed by atoms with Crippen LogP contribution in [-0.2, 0) is 17.9 Å². The molecule has 3 aromatic rings. The van der Waals surface area contributed by atoms with Crippen LogP contribution in [0, 0.1) is 6.92 Å². The lowest BCUT2D eigenvalue weighted by Crippen LogP contribution is -2.24. The molecular formula is C24H28ClN5OS. The van der Waals surface area contributed by atoms with Crippen LogP contribution in [0.25, 0.3) is 0 Å². The molecule has 1 unspecified atom stereocenters. The van der Waals surface area contributed by atoms with Gasteiger partial charge in [-0.3, -0.25) is 9.69 Å². The Labute approximate surface area is 198 Å². The van der Waals surface area contributed by atoms with E-state index in [1.165, 1.54) is 30.2 Å². The lowest BCUT2D eigenvalue weighted by atomic mass is 10.2. The summed E-state index contributed by atoms with van der Waals surface area (Å²) in [5.41, 5.74) is 2.89. The minimum atomic E-state index is -0.341. The molecule has 1 N–H and O–H groups in total. The van der Waals surface area contributed by atoms with E-state index in [4.69, 9.17) is 11.6 Å². The molecule has 32 heavy (non-hydrogen) atoms. The number of halogens is 1. The van der Waals surface area contributed by atoms with E-state index in [0.29, 0.717) is 11.6 Å². The maximum atomic E-state index is 12.9. The third-order valence-corrected chi connectivity index (χ3v) is 6.97. The van der Waals surface area contributed by atoms with E-state index in [0.717, 1.165) is 41.9 Å². The predicted molar refractivity (Wildman–Crippen MR) is 130 cm³/mol. The number of aromatic nitrogens is 3. The number of nitrogens with zero attached hydrogens (tertiary/aromatic N) is 4. The summed E-state index contributed by atoms with van der Waals surface area (Å²) in [5, 5.41) is 13.0. The highest BCUT2D eigenvalue weighted by molar-refractivity contribution is 8.00. The number of carbonyl (C=O) groups is 1. The fraction of sp³-hybridized carbons (Fsp3) is 0.375. The van der Waals surface area contributed by atoms with Crippen molar-refractivity contribution in [2.45, 2.75) is 50.2 Å². The predicted octanol–water partition coefficient (Wildman–Crippen LogP) is 5.00. The molecule has 2 aromatic carbocycles. The van der Waals surface area contributed by atoms with Crippen LogP contribution in [0.3, 0.4) is 0 Å². The summed E-state index contributed by atoms with van der Waals surface area (Å²) in [5.74, 6) is 0.854. The van der Waals surface area contributed by atoms with Crippen molar-refractivity contribution in [3.8, 4) is 0 Å². The molecule has 6 nitrogen and oxygen atoms in total. The summed E-state index contributed by atoms with van der Waals surface area (Å²) in [7, 11) is 0. The number of anilines is 1. The number of hydrogen-bond donors (Lipinski definition) is 1. The number of carbonyl (C=O) groups excluding carboxylic acids is 1. The van der Waals surface area contributed by atoms with Gasteiger partial charge in [0.15, 0.2) is 5.16 Å². The highest BCUT2D eigenvalue weighted by Gasteiger charge is 2.23. The minimum Gasteiger partial charge on any atom is -0.325 e. The van der Waals surface area contributed by atoms with Crippen LogP contribution in [0.2, 0.25) is 5.02 Å². The van der Waals surface area contributed by atoms with Gasteiger partial charge in [0.1, 0.15) is 5.82 Å². The Morgan fingerprint density at radius 3 is 2.62 bits per heavy atom. The molecular weight excluding hydrogens is 442 g/mol. The quantitative estimate of drug-likeness (QED) is 0.470. The number of aryl methyl sites for hydroxylation is 1. The molecule has 1 amide bonds. The van der Waals surface area contributed by atoms with Crippen LogP contribution >= 0.6 is 23.4 Å². The number of rotatable bonds is 8. The van der Waals surface area contributed by atoms with Gasteiger partial charge in [0, 0.05) is 10.7 Å². The highest BCUT2D eigenvalue weighted by atomic mass is 35.5. The first kappa shape index (κ1) is 22.8. The van der Waals surface area contributed by atoms with Gasteiger partial charge in [-0.05, 0) is 63.0 Å². The molecule has 2 heterocycles. The molecule has 168 valence electrons. The van der Waals surface area contributed by atoms with E-state index in [1.807, 2.05) is 44.2 Å². The van der Waals surface area contributed by atoms with Gasteiger partial charge < -0.3 is 9.88 Å². The van der Waals surface area contributed by atoms with Crippen molar-refractivity contribution in [3.63, 3.8) is 0 Å². The molecule has 1 aliphatic rings. The maximum Gasteiger partial charge on any atom is 0.237 e. The summed E-state index contributed by atoms with van der Waals surface area (Å²) in [6.07, 6.45) is 2.46. The summed E-state index contributed by atoms with van der Waals surface area (Å²) in [6, 6.07) is 15.8. The zero-order valence-corrected chi connectivity index (χ0v) is 20.0. The normalized spacial score (nSPS) is 15.1. The van der Waals surface area contributed by atoms with Crippen LogP contribution in [-0.4, -0.2) is 43.9 Å². The number of hydrogen-bond acceptors (Lipinski definition) is 5. The molecule has 0 aliphatic carbocycles. The Hall–Kier alpha value is -2.35. The van der Waals surface area contributed by atoms with Gasteiger partial charge in [-0.15, -0.1) is 10.2 Å². The number of nitrogens with one attached hydrogen (secondary N) is 1. The first-order chi connectivity index (χ1) is 15.5. The second kappa shape index (κ2) is 10.5. The molecule has 0 bridgehead atoms. The summed E-state index contributed by atoms with van der Waals surface area (Å²) < 4.78 is 2.15. The van der Waals surface area contributed by atoms with Gasteiger partial charge >= 0.3 is 0 Å². The van der Waals surface area contributed by atoms with E-state index in [-0.39, 0.29) is 11.2 Å². The van der Waals surface area contributed by atoms with Crippen LogP contribution in [0.5, 0.6) is 0 Å². The van der Waals surface area contributed by atoms with Gasteiger partial charge in [0.05, 0.1) is 18.3 Å². The van der Waals surface area contributed by atoms with E-state index in [1.54, 1.807) is 6.07 Å². The molecule has 0 saturated carbocycles. The van der Waals surface area contributed by atoms with Crippen LogP contribution in [0.1, 0.15) is 36.7 Å². The molecule has 0 spiro atoms. The first-order valence-electron chi connectivity index (χ1n) is 10.9. The van der Waals surface area contributed by atoms with Crippen molar-refractivity contribution in [2.75, 3.05) is 18.4 Å². The Kier molecular flexibility index (Phi) is 7.50. The number of amides is 1. The zero-order chi connectivity index (χ0) is 22.5. The van der Waals surface area contributed by atoms with Crippen molar-refractivity contribution in [1.82, 2.24) is 19.7 Å². The van der Waals surface area contributed by atoms with Gasteiger partial charge in [-0.25, -0.2) is 0 Å². The first-order valence-corrected chi connectivity index (χ1v) is 12.2. The number of thioether (sulfide) groups is 1. The van der Waals surface area contributed by atoms with Crippen LogP contribution < -0.4 is 5.32 Å². The number of likely N-dealkylation sites (tertiary alicyclic amines) is 1. The molecule has 8 heteroatoms. The summed E-state index contributed by atoms with van der Waals surface area (Å²) in [6.45, 7) is 7.49. The molecule has 1 aromatic heterocycles. The second-order valence-electron chi connectivity index (χ2n) is 8.16. The van der Waals surface area contributed by atoms with Crippen molar-refractivity contribution in [3.05, 3.63) is 70.5 Å². The van der Waals surface area contributed by atoms with E-state index in [2.05, 4.69) is 37.1 Å². The summed E-state index contributed by atoms with van der Waals surface area (Å²) in [4.78, 5) is 15.3.